The number of nitrogens with zero attached hydrogens (tertiary/aromatic N) is 2. The molecule has 12 heavy (non-hydrogen) atoms. The van der Waals surface area contributed by atoms with E-state index in [0.29, 0.717) is 19.1 Å². The van der Waals surface area contributed by atoms with E-state index in [1.165, 1.54) is 13.1 Å². The predicted octanol–water partition coefficient (Wildman–Crippen LogP) is 1.54. The molecule has 1 rings (SSSR count). The molecule has 0 N–H and O–H groups in total. The molecule has 70 valence electrons. The smallest absolute Gasteiger partial charge is 0.308 e. The highest BCUT2D eigenvalue weighted by Gasteiger charge is 2.34. The lowest BCUT2D eigenvalue weighted by atomic mass is 9.75. The Morgan fingerprint density at radius 1 is 0.917 bits per heavy atom. The fourth-order valence-electron chi connectivity index (χ4n) is 2.17. The molecule has 0 aliphatic carbocycles. The van der Waals surface area contributed by atoms with Crippen molar-refractivity contribution in [1.29, 1.82) is 0 Å². The van der Waals surface area contributed by atoms with Crippen molar-refractivity contribution in [2.24, 2.45) is 0 Å². The second-order valence-electron chi connectivity index (χ2n) is 4.30. The zero-order valence-corrected chi connectivity index (χ0v) is 9.04. The fourth-order valence-corrected chi connectivity index (χ4v) is 2.17. The minimum Gasteiger partial charge on any atom is -0.325 e. The first kappa shape index (κ1) is 10.1. The molecular formula is C9H21BN2. The van der Waals surface area contributed by atoms with Crippen LogP contribution in [0.1, 0.15) is 27.7 Å². The Kier molecular flexibility index (Phi) is 3.19. The van der Waals surface area contributed by atoms with Gasteiger partial charge in [-0.3, -0.25) is 0 Å². The van der Waals surface area contributed by atoms with Crippen LogP contribution >= 0.6 is 0 Å². The molecule has 3 heteroatoms. The molecule has 0 aromatic heterocycles. The van der Waals surface area contributed by atoms with Gasteiger partial charge in [0.05, 0.1) is 0 Å². The van der Waals surface area contributed by atoms with Crippen molar-refractivity contribution >= 4 is 6.98 Å². The molecule has 1 aliphatic heterocycles. The van der Waals surface area contributed by atoms with E-state index in [1.54, 1.807) is 0 Å². The van der Waals surface area contributed by atoms with Gasteiger partial charge in [0.2, 0.25) is 0 Å². The largest absolute Gasteiger partial charge is 0.325 e. The maximum atomic E-state index is 2.56. The molecule has 1 aliphatic rings. The van der Waals surface area contributed by atoms with Crippen molar-refractivity contribution in [3.63, 3.8) is 0 Å². The van der Waals surface area contributed by atoms with Crippen LogP contribution in [0, 0.1) is 0 Å². The number of hydrogen-bond acceptors (Lipinski definition) is 2. The van der Waals surface area contributed by atoms with Crippen molar-refractivity contribution < 1.29 is 0 Å². The molecular weight excluding hydrogens is 147 g/mol. The molecule has 0 amide bonds. The zero-order valence-electron chi connectivity index (χ0n) is 9.04. The molecule has 1 heterocycles. The summed E-state index contributed by atoms with van der Waals surface area (Å²) in [6.07, 6.45) is 0. The third kappa shape index (κ3) is 1.83. The van der Waals surface area contributed by atoms with Crippen molar-refractivity contribution in [2.45, 2.75) is 46.6 Å². The van der Waals surface area contributed by atoms with Crippen LogP contribution in [0.15, 0.2) is 0 Å². The van der Waals surface area contributed by atoms with Crippen LogP contribution in [0.25, 0.3) is 0 Å². The maximum absolute atomic E-state index is 2.56. The van der Waals surface area contributed by atoms with Gasteiger partial charge >= 0.3 is 6.98 Å². The Bertz CT molecular complexity index is 131. The van der Waals surface area contributed by atoms with E-state index in [2.05, 4.69) is 44.1 Å². The lowest BCUT2D eigenvalue weighted by Crippen LogP contribution is -2.46. The van der Waals surface area contributed by atoms with E-state index < -0.39 is 0 Å². The summed E-state index contributed by atoms with van der Waals surface area (Å²) in [6, 6.07) is 1.37. The van der Waals surface area contributed by atoms with Gasteiger partial charge in [0.1, 0.15) is 0 Å². The second kappa shape index (κ2) is 3.80. The molecule has 0 bridgehead atoms. The summed E-state index contributed by atoms with van der Waals surface area (Å²) in [5.41, 5.74) is 0. The highest BCUT2D eigenvalue weighted by molar-refractivity contribution is 6.52. The van der Waals surface area contributed by atoms with Crippen LogP contribution in [-0.2, 0) is 0 Å². The molecule has 1 saturated heterocycles. The van der Waals surface area contributed by atoms with Gasteiger partial charge in [0.25, 0.3) is 0 Å². The van der Waals surface area contributed by atoms with Gasteiger partial charge in [0, 0.05) is 13.1 Å². The van der Waals surface area contributed by atoms with Crippen LogP contribution < -0.4 is 0 Å². The van der Waals surface area contributed by atoms with Gasteiger partial charge in [-0.1, -0.05) is 34.5 Å². The van der Waals surface area contributed by atoms with Crippen LogP contribution in [0.4, 0.5) is 0 Å². The van der Waals surface area contributed by atoms with Gasteiger partial charge in [-0.25, -0.2) is 0 Å². The van der Waals surface area contributed by atoms with Crippen molar-refractivity contribution in [2.75, 3.05) is 13.1 Å². The average molecular weight is 168 g/mol. The molecule has 0 aromatic carbocycles. The lowest BCUT2D eigenvalue weighted by Gasteiger charge is -2.28. The molecule has 0 atom stereocenters. The topological polar surface area (TPSA) is 6.48 Å². The van der Waals surface area contributed by atoms with E-state index >= 15 is 0 Å². The first-order valence-electron chi connectivity index (χ1n) is 5.05. The molecule has 0 aromatic rings. The second-order valence-corrected chi connectivity index (χ2v) is 4.30. The Balaban J connectivity index is 2.55. The number of rotatable bonds is 2. The number of hydrogen-bond donors (Lipinski definition) is 0. The monoisotopic (exact) mass is 168 g/mol. The Morgan fingerprint density at radius 2 is 1.25 bits per heavy atom. The molecule has 0 radical (unpaired) electrons. The average Bonchev–Trinajstić information content (AvgIpc) is 2.30. The SMILES string of the molecule is CB1N(C(C)C)CCN1C(C)C. The van der Waals surface area contributed by atoms with Crippen molar-refractivity contribution in [3.05, 3.63) is 0 Å². The Labute approximate surface area is 77.0 Å². The summed E-state index contributed by atoms with van der Waals surface area (Å²) in [5, 5.41) is 0. The van der Waals surface area contributed by atoms with Gasteiger partial charge in [-0.15, -0.1) is 0 Å². The Hall–Kier alpha value is -0.0151. The van der Waals surface area contributed by atoms with Gasteiger partial charge in [-0.05, 0) is 12.1 Å². The minimum atomic E-state index is 0.630. The summed E-state index contributed by atoms with van der Waals surface area (Å²) >= 11 is 0. The van der Waals surface area contributed by atoms with Crippen LogP contribution in [0.3, 0.4) is 0 Å². The first-order valence-corrected chi connectivity index (χ1v) is 5.05. The molecule has 0 saturated carbocycles. The van der Waals surface area contributed by atoms with Gasteiger partial charge < -0.3 is 9.62 Å². The summed E-state index contributed by atoms with van der Waals surface area (Å²) in [5.74, 6) is 0. The van der Waals surface area contributed by atoms with Crippen molar-refractivity contribution in [1.82, 2.24) is 9.62 Å². The molecule has 1 fully saturated rings. The quantitative estimate of drug-likeness (QED) is 0.577. The standard InChI is InChI=1S/C9H21BN2/c1-8(2)11-6-7-12(9(3)4)10(11)5/h8-9H,6-7H2,1-5H3. The summed E-state index contributed by atoms with van der Waals surface area (Å²) in [4.78, 5) is 5.11. The van der Waals surface area contributed by atoms with E-state index in [9.17, 15) is 0 Å². The van der Waals surface area contributed by atoms with Crippen LogP contribution in [-0.4, -0.2) is 41.8 Å². The normalized spacial score (nSPS) is 21.8. The molecule has 0 unspecified atom stereocenters. The highest BCUT2D eigenvalue weighted by Crippen LogP contribution is 2.16. The summed E-state index contributed by atoms with van der Waals surface area (Å²) in [7, 11) is 0. The van der Waals surface area contributed by atoms with E-state index in [1.807, 2.05) is 0 Å². The molecule has 2 nitrogen and oxygen atoms in total. The third-order valence-electron chi connectivity index (χ3n) is 2.90. The van der Waals surface area contributed by atoms with Crippen LogP contribution in [0.2, 0.25) is 6.82 Å². The predicted molar refractivity (Wildman–Crippen MR) is 55.3 cm³/mol. The molecule has 0 spiro atoms. The highest BCUT2D eigenvalue weighted by atomic mass is 15.3. The summed E-state index contributed by atoms with van der Waals surface area (Å²) < 4.78 is 0. The fraction of sp³-hybridized carbons (Fsp3) is 1.00. The van der Waals surface area contributed by atoms with Crippen LogP contribution in [0.5, 0.6) is 0 Å². The summed E-state index contributed by atoms with van der Waals surface area (Å²) in [6.45, 7) is 14.5. The maximum Gasteiger partial charge on any atom is 0.308 e. The first-order chi connectivity index (χ1) is 5.54. The van der Waals surface area contributed by atoms with Gasteiger partial charge in [0.15, 0.2) is 0 Å². The van der Waals surface area contributed by atoms with E-state index in [-0.39, 0.29) is 0 Å². The van der Waals surface area contributed by atoms with E-state index in [4.69, 9.17) is 0 Å². The zero-order chi connectivity index (χ0) is 9.30. The van der Waals surface area contributed by atoms with Crippen molar-refractivity contribution in [3.8, 4) is 0 Å². The third-order valence-corrected chi connectivity index (χ3v) is 2.90. The van der Waals surface area contributed by atoms with Gasteiger partial charge in [-0.2, -0.15) is 0 Å². The lowest BCUT2D eigenvalue weighted by molar-refractivity contribution is 0.390. The van der Waals surface area contributed by atoms with E-state index in [0.717, 1.165) is 0 Å². The Morgan fingerprint density at radius 3 is 1.42 bits per heavy atom. The minimum absolute atomic E-state index is 0.630.